The SMILES string of the molecule is CC1CCn2ncc(B3OC(C)(C)C(C)(C)O3)c2C1. The molecule has 3 heterocycles. The molecule has 5 heteroatoms. The molecule has 1 fully saturated rings. The number of hydrogen-bond donors (Lipinski definition) is 0. The molecule has 0 N–H and O–H groups in total. The van der Waals surface area contributed by atoms with Gasteiger partial charge in [-0.2, -0.15) is 5.10 Å². The lowest BCUT2D eigenvalue weighted by atomic mass is 9.77. The molecule has 1 saturated heterocycles. The van der Waals surface area contributed by atoms with Crippen molar-refractivity contribution in [1.29, 1.82) is 0 Å². The van der Waals surface area contributed by atoms with E-state index in [1.807, 2.05) is 6.20 Å². The van der Waals surface area contributed by atoms with E-state index in [1.54, 1.807) is 0 Å². The number of fused-ring (bicyclic) bond motifs is 1. The van der Waals surface area contributed by atoms with E-state index in [0.717, 1.165) is 18.4 Å². The van der Waals surface area contributed by atoms with Gasteiger partial charge in [0.05, 0.1) is 11.2 Å². The first-order chi connectivity index (χ1) is 8.80. The first-order valence-corrected chi connectivity index (χ1v) is 7.20. The van der Waals surface area contributed by atoms with E-state index in [-0.39, 0.29) is 18.3 Å². The highest BCUT2D eigenvalue weighted by Gasteiger charge is 2.52. The van der Waals surface area contributed by atoms with Crippen LogP contribution in [0.3, 0.4) is 0 Å². The Balaban J connectivity index is 1.91. The fourth-order valence-corrected chi connectivity index (χ4v) is 2.78. The molecular weight excluding hydrogens is 239 g/mol. The average Bonchev–Trinajstić information content (AvgIpc) is 2.77. The molecule has 0 aliphatic carbocycles. The van der Waals surface area contributed by atoms with E-state index in [0.29, 0.717) is 5.92 Å². The largest absolute Gasteiger partial charge is 0.498 e. The van der Waals surface area contributed by atoms with E-state index in [9.17, 15) is 0 Å². The van der Waals surface area contributed by atoms with Crippen LogP contribution in [0.15, 0.2) is 6.20 Å². The minimum Gasteiger partial charge on any atom is -0.399 e. The lowest BCUT2D eigenvalue weighted by Crippen LogP contribution is -2.41. The van der Waals surface area contributed by atoms with Crippen LogP contribution < -0.4 is 5.46 Å². The lowest BCUT2D eigenvalue weighted by molar-refractivity contribution is 0.00578. The van der Waals surface area contributed by atoms with Gasteiger partial charge in [0, 0.05) is 23.9 Å². The summed E-state index contributed by atoms with van der Waals surface area (Å²) in [6, 6.07) is 0. The second kappa shape index (κ2) is 4.09. The average molecular weight is 262 g/mol. The molecule has 0 radical (unpaired) electrons. The van der Waals surface area contributed by atoms with Crippen molar-refractivity contribution in [1.82, 2.24) is 9.78 Å². The number of aryl methyl sites for hydroxylation is 1. The monoisotopic (exact) mass is 262 g/mol. The molecule has 1 unspecified atom stereocenters. The van der Waals surface area contributed by atoms with Crippen molar-refractivity contribution in [3.8, 4) is 0 Å². The van der Waals surface area contributed by atoms with Crippen LogP contribution in [0.2, 0.25) is 0 Å². The van der Waals surface area contributed by atoms with Gasteiger partial charge in [-0.25, -0.2) is 0 Å². The summed E-state index contributed by atoms with van der Waals surface area (Å²) in [6.45, 7) is 11.7. The van der Waals surface area contributed by atoms with Gasteiger partial charge >= 0.3 is 7.12 Å². The van der Waals surface area contributed by atoms with E-state index < -0.39 is 0 Å². The molecule has 19 heavy (non-hydrogen) atoms. The maximum atomic E-state index is 6.13. The van der Waals surface area contributed by atoms with Crippen molar-refractivity contribution in [2.45, 2.75) is 65.2 Å². The Hall–Kier alpha value is -0.805. The van der Waals surface area contributed by atoms with Crippen LogP contribution in [-0.2, 0) is 22.3 Å². The van der Waals surface area contributed by atoms with Crippen molar-refractivity contribution in [2.24, 2.45) is 5.92 Å². The molecule has 104 valence electrons. The first-order valence-electron chi connectivity index (χ1n) is 7.20. The third kappa shape index (κ3) is 2.03. The summed E-state index contributed by atoms with van der Waals surface area (Å²) in [6.07, 6.45) is 4.20. The van der Waals surface area contributed by atoms with Crippen molar-refractivity contribution < 1.29 is 9.31 Å². The highest BCUT2D eigenvalue weighted by Crippen LogP contribution is 2.37. The van der Waals surface area contributed by atoms with Gasteiger partial charge in [0.25, 0.3) is 0 Å². The van der Waals surface area contributed by atoms with Gasteiger partial charge in [-0.1, -0.05) is 6.92 Å². The van der Waals surface area contributed by atoms with Gasteiger partial charge in [-0.15, -0.1) is 0 Å². The molecule has 4 nitrogen and oxygen atoms in total. The molecule has 0 spiro atoms. The van der Waals surface area contributed by atoms with Gasteiger partial charge in [0.15, 0.2) is 0 Å². The maximum Gasteiger partial charge on any atom is 0.498 e. The highest BCUT2D eigenvalue weighted by atomic mass is 16.7. The molecule has 0 saturated carbocycles. The Morgan fingerprint density at radius 2 is 1.89 bits per heavy atom. The third-order valence-corrected chi connectivity index (χ3v) is 4.86. The molecular formula is C14H23BN2O2. The van der Waals surface area contributed by atoms with E-state index in [1.165, 1.54) is 12.1 Å². The van der Waals surface area contributed by atoms with E-state index >= 15 is 0 Å². The molecule has 1 aromatic heterocycles. The molecule has 2 aliphatic heterocycles. The summed E-state index contributed by atoms with van der Waals surface area (Å²) in [4.78, 5) is 0. The predicted molar refractivity (Wildman–Crippen MR) is 75.4 cm³/mol. The van der Waals surface area contributed by atoms with Crippen LogP contribution in [0.5, 0.6) is 0 Å². The summed E-state index contributed by atoms with van der Waals surface area (Å²) in [7, 11) is -0.279. The topological polar surface area (TPSA) is 36.3 Å². The molecule has 2 aliphatic rings. The Bertz CT molecular complexity index is 480. The third-order valence-electron chi connectivity index (χ3n) is 4.86. The van der Waals surface area contributed by atoms with Crippen LogP contribution in [0.4, 0.5) is 0 Å². The van der Waals surface area contributed by atoms with Crippen molar-refractivity contribution >= 4 is 12.6 Å². The summed E-state index contributed by atoms with van der Waals surface area (Å²) < 4.78 is 14.4. The van der Waals surface area contributed by atoms with Crippen molar-refractivity contribution in [2.75, 3.05) is 0 Å². The zero-order valence-electron chi connectivity index (χ0n) is 12.6. The normalized spacial score (nSPS) is 28.5. The van der Waals surface area contributed by atoms with Crippen LogP contribution in [0.25, 0.3) is 0 Å². The number of hydrogen-bond acceptors (Lipinski definition) is 3. The molecule has 3 rings (SSSR count). The molecule has 1 atom stereocenters. The van der Waals surface area contributed by atoms with Crippen LogP contribution >= 0.6 is 0 Å². The van der Waals surface area contributed by atoms with Gasteiger partial charge in [0.1, 0.15) is 0 Å². The zero-order chi connectivity index (χ0) is 13.8. The maximum absolute atomic E-state index is 6.13. The summed E-state index contributed by atoms with van der Waals surface area (Å²) in [5.41, 5.74) is 1.84. The Morgan fingerprint density at radius 3 is 2.53 bits per heavy atom. The smallest absolute Gasteiger partial charge is 0.399 e. The predicted octanol–water partition coefficient (Wildman–Crippen LogP) is 1.76. The van der Waals surface area contributed by atoms with Gasteiger partial charge in [-0.3, -0.25) is 4.68 Å². The Morgan fingerprint density at radius 1 is 1.26 bits per heavy atom. The molecule has 0 aromatic carbocycles. The summed E-state index contributed by atoms with van der Waals surface area (Å²) in [5.74, 6) is 0.713. The van der Waals surface area contributed by atoms with Gasteiger partial charge < -0.3 is 9.31 Å². The first kappa shape index (κ1) is 13.2. The standard InChI is InChI=1S/C14H23BN2O2/c1-10-6-7-17-12(8-10)11(9-16-17)15-18-13(2,3)14(4,5)19-15/h9-10H,6-8H2,1-5H3. The van der Waals surface area contributed by atoms with Crippen LogP contribution in [0, 0.1) is 5.92 Å². The quantitative estimate of drug-likeness (QED) is 0.724. The van der Waals surface area contributed by atoms with Crippen molar-refractivity contribution in [3.05, 3.63) is 11.9 Å². The fourth-order valence-electron chi connectivity index (χ4n) is 2.78. The van der Waals surface area contributed by atoms with Gasteiger partial charge in [0.2, 0.25) is 0 Å². The van der Waals surface area contributed by atoms with E-state index in [4.69, 9.17) is 9.31 Å². The van der Waals surface area contributed by atoms with Crippen LogP contribution in [0.1, 0.15) is 46.7 Å². The van der Waals surface area contributed by atoms with Crippen LogP contribution in [-0.4, -0.2) is 28.1 Å². The number of rotatable bonds is 1. The number of nitrogens with zero attached hydrogens (tertiary/aromatic N) is 2. The minimum absolute atomic E-state index is 0.279. The molecule has 0 amide bonds. The van der Waals surface area contributed by atoms with E-state index in [2.05, 4.69) is 44.4 Å². The summed E-state index contributed by atoms with van der Waals surface area (Å²) >= 11 is 0. The van der Waals surface area contributed by atoms with Gasteiger partial charge in [-0.05, 0) is 46.5 Å². The lowest BCUT2D eigenvalue weighted by Gasteiger charge is -2.32. The fraction of sp³-hybridized carbons (Fsp3) is 0.786. The Kier molecular flexibility index (Phi) is 2.84. The minimum atomic E-state index is -0.285. The number of aromatic nitrogens is 2. The molecule has 0 bridgehead atoms. The van der Waals surface area contributed by atoms with Crippen molar-refractivity contribution in [3.63, 3.8) is 0 Å². The second-order valence-corrected chi connectivity index (χ2v) is 6.96. The highest BCUT2D eigenvalue weighted by molar-refractivity contribution is 6.62. The Labute approximate surface area is 115 Å². The second-order valence-electron chi connectivity index (χ2n) is 6.96. The zero-order valence-corrected chi connectivity index (χ0v) is 12.6. The molecule has 1 aromatic rings. The summed E-state index contributed by atoms with van der Waals surface area (Å²) in [5, 5.41) is 4.49.